The van der Waals surface area contributed by atoms with E-state index >= 15 is 0 Å². The van der Waals surface area contributed by atoms with Gasteiger partial charge in [0.1, 0.15) is 5.75 Å². The summed E-state index contributed by atoms with van der Waals surface area (Å²) in [6, 6.07) is 0.972. The molecule has 0 aromatic heterocycles. The van der Waals surface area contributed by atoms with Crippen molar-refractivity contribution in [2.24, 2.45) is 11.8 Å². The van der Waals surface area contributed by atoms with Gasteiger partial charge in [-0.15, -0.1) is 0 Å². The van der Waals surface area contributed by atoms with Gasteiger partial charge in [0, 0.05) is 18.8 Å². The van der Waals surface area contributed by atoms with Crippen LogP contribution in [0.4, 0.5) is 23.7 Å². The van der Waals surface area contributed by atoms with E-state index in [-0.39, 0.29) is 0 Å². The third kappa shape index (κ3) is 3.71. The number of hydrogen-bond donors (Lipinski definition) is 2. The van der Waals surface area contributed by atoms with Crippen LogP contribution in [-0.4, -0.2) is 48.4 Å². The van der Waals surface area contributed by atoms with E-state index in [1.54, 1.807) is 26.8 Å². The number of ether oxygens (including phenoxy) is 1. The van der Waals surface area contributed by atoms with Gasteiger partial charge in [-0.2, -0.15) is 13.2 Å². The van der Waals surface area contributed by atoms with Gasteiger partial charge in [-0.25, -0.2) is 4.79 Å². The Labute approximate surface area is 148 Å². The number of alkyl halides is 3. The molecule has 6 nitrogen and oxygen atoms in total. The summed E-state index contributed by atoms with van der Waals surface area (Å²) in [4.78, 5) is 24.5. The average molecular weight is 374 g/mol. The number of methoxy groups -OCH3 is 1. The normalized spacial score (nSPS) is 20.2. The number of nitrogens with one attached hydrogen (secondary N) is 1. The van der Waals surface area contributed by atoms with E-state index in [1.807, 2.05) is 0 Å². The molecule has 1 saturated heterocycles. The first-order valence-electron chi connectivity index (χ1n) is 7.97. The fourth-order valence-corrected chi connectivity index (χ4v) is 3.19. The first-order chi connectivity index (χ1) is 12.0. The van der Waals surface area contributed by atoms with Crippen molar-refractivity contribution < 1.29 is 32.6 Å². The summed E-state index contributed by atoms with van der Waals surface area (Å²) in [5, 5.41) is 11.7. The highest BCUT2D eigenvalue weighted by atomic mass is 19.4. The molecule has 0 unspecified atom stereocenters. The molecule has 0 bridgehead atoms. The van der Waals surface area contributed by atoms with E-state index < -0.39 is 43.1 Å². The molecule has 0 aliphatic carbocycles. The van der Waals surface area contributed by atoms with Gasteiger partial charge in [-0.1, -0.05) is 0 Å². The van der Waals surface area contributed by atoms with E-state index in [0.29, 0.717) is 17.0 Å². The second-order valence-electron chi connectivity index (χ2n) is 6.45. The van der Waals surface area contributed by atoms with Crippen molar-refractivity contribution in [2.45, 2.75) is 26.9 Å². The average Bonchev–Trinajstić information content (AvgIpc) is 3.00. The number of aliphatic carboxylic acids is 1. The topological polar surface area (TPSA) is 78.9 Å². The van der Waals surface area contributed by atoms with Crippen molar-refractivity contribution in [3.63, 3.8) is 0 Å². The van der Waals surface area contributed by atoms with Gasteiger partial charge < -0.3 is 20.1 Å². The molecule has 0 saturated carbocycles. The standard InChI is InChI=1S/C17H21F3N2O4/c1-8-5-13(26-4)9(2)10(3)14(8)21-16(25)22-6-11(15(23)24)12(7-22)17(18,19)20/h5,11-12H,6-7H2,1-4H3,(H,21,25)(H,23,24)/t11-,12-/m1/s1. The lowest BCUT2D eigenvalue weighted by Crippen LogP contribution is -2.35. The van der Waals surface area contributed by atoms with Crippen LogP contribution in [0.1, 0.15) is 16.7 Å². The number of aryl methyl sites for hydroxylation is 1. The molecule has 1 heterocycles. The molecule has 0 spiro atoms. The number of likely N-dealkylation sites (tertiary alicyclic amines) is 1. The summed E-state index contributed by atoms with van der Waals surface area (Å²) in [6.45, 7) is 4.15. The first-order valence-corrected chi connectivity index (χ1v) is 7.97. The molecule has 0 radical (unpaired) electrons. The van der Waals surface area contributed by atoms with Crippen molar-refractivity contribution in [1.82, 2.24) is 4.90 Å². The van der Waals surface area contributed by atoms with Crippen LogP contribution in [0.2, 0.25) is 0 Å². The summed E-state index contributed by atoms with van der Waals surface area (Å²) in [5.41, 5.74) is 2.71. The van der Waals surface area contributed by atoms with E-state index in [2.05, 4.69) is 5.32 Å². The van der Waals surface area contributed by atoms with Crippen LogP contribution in [0, 0.1) is 32.6 Å². The lowest BCUT2D eigenvalue weighted by molar-refractivity contribution is -0.187. The quantitative estimate of drug-likeness (QED) is 0.851. The second-order valence-corrected chi connectivity index (χ2v) is 6.45. The number of carboxylic acid groups (broad SMARTS) is 1. The highest BCUT2D eigenvalue weighted by Gasteiger charge is 2.53. The van der Waals surface area contributed by atoms with Gasteiger partial charge in [-0.05, 0) is 43.5 Å². The smallest absolute Gasteiger partial charge is 0.394 e. The van der Waals surface area contributed by atoms with Gasteiger partial charge >= 0.3 is 18.2 Å². The number of hydrogen-bond acceptors (Lipinski definition) is 3. The Bertz CT molecular complexity index is 734. The summed E-state index contributed by atoms with van der Waals surface area (Å²) in [6.07, 6.45) is -4.68. The van der Waals surface area contributed by atoms with Crippen LogP contribution in [0.15, 0.2) is 6.07 Å². The number of amides is 2. The van der Waals surface area contributed by atoms with Crippen molar-refractivity contribution in [3.8, 4) is 5.75 Å². The van der Waals surface area contributed by atoms with Crippen LogP contribution in [-0.2, 0) is 4.79 Å². The van der Waals surface area contributed by atoms with Gasteiger partial charge in [0.05, 0.1) is 18.9 Å². The molecule has 2 amide bonds. The van der Waals surface area contributed by atoms with E-state index in [4.69, 9.17) is 9.84 Å². The monoisotopic (exact) mass is 374 g/mol. The largest absolute Gasteiger partial charge is 0.496 e. The Kier molecular flexibility index (Phi) is 5.39. The number of anilines is 1. The molecule has 144 valence electrons. The zero-order valence-electron chi connectivity index (χ0n) is 14.9. The lowest BCUT2D eigenvalue weighted by atomic mass is 9.96. The third-order valence-electron chi connectivity index (χ3n) is 4.85. The molecule has 1 aromatic rings. The van der Waals surface area contributed by atoms with Crippen molar-refractivity contribution in [3.05, 3.63) is 22.8 Å². The Hall–Kier alpha value is -2.45. The maximum Gasteiger partial charge on any atom is 0.394 e. The van der Waals surface area contributed by atoms with Crippen molar-refractivity contribution in [2.75, 3.05) is 25.5 Å². The molecular weight excluding hydrogens is 353 g/mol. The molecule has 1 fully saturated rings. The molecule has 1 aliphatic heterocycles. The van der Waals surface area contributed by atoms with E-state index in [9.17, 15) is 22.8 Å². The number of rotatable bonds is 3. The zero-order chi connectivity index (χ0) is 19.8. The third-order valence-corrected chi connectivity index (χ3v) is 4.85. The Balaban J connectivity index is 2.24. The molecule has 1 aliphatic rings. The molecule has 1 aromatic carbocycles. The SMILES string of the molecule is COc1cc(C)c(NC(=O)N2C[C@@H](C(F)(F)F)[C@H](C(=O)O)C2)c(C)c1C. The minimum atomic E-state index is -4.68. The highest BCUT2D eigenvalue weighted by Crippen LogP contribution is 2.38. The lowest BCUT2D eigenvalue weighted by Gasteiger charge is -2.21. The number of benzene rings is 1. The predicted octanol–water partition coefficient (Wildman–Crippen LogP) is 3.35. The maximum atomic E-state index is 13.1. The minimum absolute atomic E-state index is 0.482. The molecule has 2 rings (SSSR count). The van der Waals surface area contributed by atoms with Crippen LogP contribution in [0.5, 0.6) is 5.75 Å². The molecule has 9 heteroatoms. The predicted molar refractivity (Wildman–Crippen MR) is 88.5 cm³/mol. The molecule has 2 N–H and O–H groups in total. The number of carboxylic acids is 1. The number of halogens is 3. The van der Waals surface area contributed by atoms with E-state index in [1.165, 1.54) is 7.11 Å². The Morgan fingerprint density at radius 1 is 1.23 bits per heavy atom. The van der Waals surface area contributed by atoms with Crippen LogP contribution in [0.25, 0.3) is 0 Å². The van der Waals surface area contributed by atoms with E-state index in [0.717, 1.165) is 16.0 Å². The Morgan fingerprint density at radius 2 is 1.85 bits per heavy atom. The second kappa shape index (κ2) is 7.05. The fourth-order valence-electron chi connectivity index (χ4n) is 3.19. The number of urea groups is 1. The number of carbonyl (C=O) groups excluding carboxylic acids is 1. The summed E-state index contributed by atoms with van der Waals surface area (Å²) in [5.74, 6) is -4.66. The van der Waals surface area contributed by atoms with Crippen molar-refractivity contribution >= 4 is 17.7 Å². The van der Waals surface area contributed by atoms with Gasteiger partial charge in [0.15, 0.2) is 0 Å². The summed E-state index contributed by atoms with van der Waals surface area (Å²) >= 11 is 0. The van der Waals surface area contributed by atoms with Crippen molar-refractivity contribution in [1.29, 1.82) is 0 Å². The van der Waals surface area contributed by atoms with Gasteiger partial charge in [-0.3, -0.25) is 4.79 Å². The van der Waals surface area contributed by atoms with Crippen LogP contribution >= 0.6 is 0 Å². The molecule has 2 atom stereocenters. The summed E-state index contributed by atoms with van der Waals surface area (Å²) in [7, 11) is 1.52. The van der Waals surface area contributed by atoms with Gasteiger partial charge in [0.2, 0.25) is 0 Å². The Morgan fingerprint density at radius 3 is 2.31 bits per heavy atom. The number of nitrogens with zero attached hydrogens (tertiary/aromatic N) is 1. The number of carbonyl (C=O) groups is 2. The molecule has 26 heavy (non-hydrogen) atoms. The fraction of sp³-hybridized carbons (Fsp3) is 0.529. The summed E-state index contributed by atoms with van der Waals surface area (Å²) < 4.78 is 44.4. The molecular formula is C17H21F3N2O4. The van der Waals surface area contributed by atoms with Crippen LogP contribution in [0.3, 0.4) is 0 Å². The minimum Gasteiger partial charge on any atom is -0.496 e. The van der Waals surface area contributed by atoms with Crippen LogP contribution < -0.4 is 10.1 Å². The maximum absolute atomic E-state index is 13.1. The van der Waals surface area contributed by atoms with Gasteiger partial charge in [0.25, 0.3) is 0 Å². The highest BCUT2D eigenvalue weighted by molar-refractivity contribution is 5.92. The first kappa shape index (κ1) is 19.9. The zero-order valence-corrected chi connectivity index (χ0v) is 14.9.